The third kappa shape index (κ3) is 3.69. The quantitative estimate of drug-likeness (QED) is 0.172. The lowest BCUT2D eigenvalue weighted by Crippen LogP contribution is -2.60. The minimum absolute atomic E-state index is 0.0142. The van der Waals surface area contributed by atoms with E-state index in [-0.39, 0.29) is 41.5 Å². The van der Waals surface area contributed by atoms with Crippen LogP contribution in [0, 0.1) is 27.9 Å². The molecule has 43 heavy (non-hydrogen) atoms. The van der Waals surface area contributed by atoms with E-state index in [2.05, 4.69) is 0 Å². The van der Waals surface area contributed by atoms with Crippen LogP contribution in [0.5, 0.6) is 17.2 Å². The minimum atomic E-state index is -2.03. The van der Waals surface area contributed by atoms with Crippen molar-refractivity contribution in [2.24, 2.45) is 17.8 Å². The van der Waals surface area contributed by atoms with E-state index in [4.69, 9.17) is 32.7 Å². The van der Waals surface area contributed by atoms with Gasteiger partial charge in [-0.05, 0) is 42.5 Å². The molecule has 2 aromatic carbocycles. The van der Waals surface area contributed by atoms with Gasteiger partial charge in [0.1, 0.15) is 0 Å². The van der Waals surface area contributed by atoms with Crippen LogP contribution in [0.4, 0.5) is 11.4 Å². The molecule has 4 amide bonds. The number of hydrogen-bond acceptors (Lipinski definition) is 9. The Morgan fingerprint density at radius 3 is 2.26 bits per heavy atom. The normalized spacial score (nSPS) is 31.4. The van der Waals surface area contributed by atoms with Crippen molar-refractivity contribution in [1.29, 1.82) is 0 Å². The van der Waals surface area contributed by atoms with E-state index < -0.39 is 62.0 Å². The highest BCUT2D eigenvalue weighted by Gasteiger charge is 2.76. The average Bonchev–Trinajstić information content (AvgIpc) is 3.32. The number of benzene rings is 2. The van der Waals surface area contributed by atoms with E-state index in [1.807, 2.05) is 0 Å². The number of fused-ring (bicyclic) bond motifs is 4. The lowest BCUT2D eigenvalue weighted by atomic mass is 9.56. The third-order valence-corrected chi connectivity index (χ3v) is 10.6. The fraction of sp³-hybridized carbons (Fsp3) is 0.379. The highest BCUT2D eigenvalue weighted by atomic mass is 35.5. The van der Waals surface area contributed by atoms with E-state index in [0.29, 0.717) is 11.1 Å². The van der Waals surface area contributed by atoms with Crippen molar-refractivity contribution in [1.82, 2.24) is 4.90 Å². The molecule has 6 rings (SSSR count). The summed E-state index contributed by atoms with van der Waals surface area (Å²) in [6, 6.07) is 8.16. The monoisotopic (exact) mass is 629 g/mol. The molecule has 2 aliphatic heterocycles. The number of rotatable bonds is 5. The van der Waals surface area contributed by atoms with Crippen LogP contribution in [0.1, 0.15) is 24.3 Å². The Morgan fingerprint density at radius 1 is 1.00 bits per heavy atom. The Labute approximate surface area is 254 Å². The molecule has 12 nitrogen and oxygen atoms in total. The number of aromatic hydroxyl groups is 1. The van der Waals surface area contributed by atoms with Gasteiger partial charge < -0.3 is 14.6 Å². The third-order valence-electron chi connectivity index (χ3n) is 9.15. The van der Waals surface area contributed by atoms with Gasteiger partial charge in [-0.25, -0.2) is 4.90 Å². The minimum Gasteiger partial charge on any atom is -0.502 e. The number of non-ortho nitro benzene ring substituents is 1. The molecule has 0 spiro atoms. The zero-order valence-electron chi connectivity index (χ0n) is 23.1. The fourth-order valence-corrected chi connectivity index (χ4v) is 8.22. The van der Waals surface area contributed by atoms with Gasteiger partial charge in [0.25, 0.3) is 17.5 Å². The number of methoxy groups -OCH3 is 2. The molecule has 6 unspecified atom stereocenters. The Morgan fingerprint density at radius 2 is 1.65 bits per heavy atom. The highest BCUT2D eigenvalue weighted by molar-refractivity contribution is 6.53. The number of hydrogen-bond donors (Lipinski definition) is 1. The Hall–Kier alpha value is -4.16. The number of likely N-dealkylation sites (tertiary alicyclic amines) is 1. The maximum Gasteiger partial charge on any atom is 0.271 e. The van der Waals surface area contributed by atoms with Gasteiger partial charge in [-0.2, -0.15) is 0 Å². The first-order valence-electron chi connectivity index (χ1n) is 13.3. The molecule has 1 saturated carbocycles. The van der Waals surface area contributed by atoms with Gasteiger partial charge in [0, 0.05) is 25.1 Å². The number of amides is 4. The van der Waals surface area contributed by atoms with Crippen LogP contribution in [-0.4, -0.2) is 69.6 Å². The van der Waals surface area contributed by atoms with Crippen LogP contribution >= 0.6 is 23.2 Å². The molecule has 2 aliphatic carbocycles. The van der Waals surface area contributed by atoms with E-state index >= 15 is 0 Å². The van der Waals surface area contributed by atoms with Gasteiger partial charge in [0.15, 0.2) is 21.2 Å². The lowest BCUT2D eigenvalue weighted by Gasteiger charge is -2.50. The van der Waals surface area contributed by atoms with Gasteiger partial charge in [-0.15, -0.1) is 23.2 Å². The molecular formula is C29H25Cl2N3O9. The first-order chi connectivity index (χ1) is 20.3. The standard InChI is InChI=1S/C29H25Cl2N3O9/c1-32-26(38)28(30)12-18-16(22(29(28,31)27(32)39)13-9-19(42-2)23(35)20(10-13)43-3)7-8-17-21(18)25(37)33(24(17)36)14-5-4-6-15(11-14)34(40)41/h4-7,9-11,17-18,21-22,35H,8,12H2,1-3H3. The van der Waals surface area contributed by atoms with Gasteiger partial charge in [0.05, 0.1) is 36.7 Å². The molecule has 224 valence electrons. The summed E-state index contributed by atoms with van der Waals surface area (Å²) in [5.41, 5.74) is 0.634. The van der Waals surface area contributed by atoms with E-state index in [1.54, 1.807) is 6.08 Å². The van der Waals surface area contributed by atoms with Crippen LogP contribution in [0.2, 0.25) is 0 Å². The lowest BCUT2D eigenvalue weighted by molar-refractivity contribution is -0.384. The number of phenols is 1. The second-order valence-electron chi connectivity index (χ2n) is 11.1. The number of allylic oxidation sites excluding steroid dienone is 2. The summed E-state index contributed by atoms with van der Waals surface area (Å²) in [6.07, 6.45) is 1.64. The first kappa shape index (κ1) is 28.9. The second-order valence-corrected chi connectivity index (χ2v) is 12.3. The number of nitro benzene ring substituents is 1. The Balaban J connectivity index is 1.53. The fourth-order valence-electron chi connectivity index (χ4n) is 7.20. The number of halogens is 2. The number of carbonyl (C=O) groups is 4. The molecule has 3 fully saturated rings. The predicted molar refractivity (Wildman–Crippen MR) is 152 cm³/mol. The zero-order valence-corrected chi connectivity index (χ0v) is 24.6. The Kier molecular flexibility index (Phi) is 6.51. The molecule has 2 heterocycles. The maximum absolute atomic E-state index is 14.1. The molecule has 14 heteroatoms. The van der Waals surface area contributed by atoms with Crippen LogP contribution < -0.4 is 14.4 Å². The Bertz CT molecular complexity index is 1650. The van der Waals surface area contributed by atoms with Crippen molar-refractivity contribution in [3.05, 3.63) is 63.7 Å². The number of ether oxygens (including phenoxy) is 2. The molecular weight excluding hydrogens is 605 g/mol. The molecule has 6 atom stereocenters. The summed E-state index contributed by atoms with van der Waals surface area (Å²) in [5.74, 6) is -6.60. The number of anilines is 1. The largest absolute Gasteiger partial charge is 0.502 e. The summed E-state index contributed by atoms with van der Waals surface area (Å²) < 4.78 is 10.7. The van der Waals surface area contributed by atoms with Crippen molar-refractivity contribution in [3.63, 3.8) is 0 Å². The summed E-state index contributed by atoms with van der Waals surface area (Å²) in [7, 11) is 3.94. The van der Waals surface area contributed by atoms with Gasteiger partial charge in [-0.3, -0.25) is 34.2 Å². The van der Waals surface area contributed by atoms with Crippen molar-refractivity contribution < 1.29 is 38.7 Å². The number of nitro groups is 1. The average molecular weight is 630 g/mol. The van der Waals surface area contributed by atoms with Crippen LogP contribution in [0.3, 0.4) is 0 Å². The van der Waals surface area contributed by atoms with Crippen LogP contribution in [0.15, 0.2) is 48.0 Å². The van der Waals surface area contributed by atoms with Gasteiger partial charge in [0.2, 0.25) is 17.6 Å². The molecule has 1 N–H and O–H groups in total. The van der Waals surface area contributed by atoms with Crippen molar-refractivity contribution >= 4 is 58.2 Å². The maximum atomic E-state index is 14.1. The molecule has 0 radical (unpaired) electrons. The molecule has 0 aromatic heterocycles. The number of carbonyl (C=O) groups excluding carboxylic acids is 4. The number of phenolic OH excluding ortho intramolecular Hbond substituents is 1. The first-order valence-corrected chi connectivity index (χ1v) is 14.0. The van der Waals surface area contributed by atoms with E-state index in [1.165, 1.54) is 51.6 Å². The smallest absolute Gasteiger partial charge is 0.271 e. The van der Waals surface area contributed by atoms with Gasteiger partial charge >= 0.3 is 0 Å². The summed E-state index contributed by atoms with van der Waals surface area (Å²) in [6.45, 7) is 0. The molecule has 0 bridgehead atoms. The summed E-state index contributed by atoms with van der Waals surface area (Å²) in [5, 5.41) is 22.0. The zero-order chi connectivity index (χ0) is 31.2. The van der Waals surface area contributed by atoms with Crippen LogP contribution in [-0.2, 0) is 19.2 Å². The molecule has 2 aromatic rings. The van der Waals surface area contributed by atoms with Crippen molar-refractivity contribution in [2.75, 3.05) is 26.2 Å². The van der Waals surface area contributed by atoms with E-state index in [0.717, 1.165) is 15.9 Å². The number of nitrogens with zero attached hydrogens (tertiary/aromatic N) is 3. The predicted octanol–water partition coefficient (Wildman–Crippen LogP) is 3.51. The highest BCUT2D eigenvalue weighted by Crippen LogP contribution is 2.66. The number of imide groups is 2. The molecule has 4 aliphatic rings. The second kappa shape index (κ2) is 9.68. The summed E-state index contributed by atoms with van der Waals surface area (Å²) >= 11 is 14.3. The SMILES string of the molecule is COc1cc(C2C3=CCC4C(=O)N(c5cccc([N+](=O)[O-])c5)C(=O)C4C3CC3(Cl)C(=O)N(C)C(=O)C23Cl)cc(OC)c1O. The number of alkyl halides is 2. The molecule has 2 saturated heterocycles. The van der Waals surface area contributed by atoms with Crippen molar-refractivity contribution in [3.8, 4) is 17.2 Å². The van der Waals surface area contributed by atoms with E-state index in [9.17, 15) is 34.4 Å². The topological polar surface area (TPSA) is 157 Å². The van der Waals surface area contributed by atoms with Crippen molar-refractivity contribution in [2.45, 2.75) is 28.5 Å². The van der Waals surface area contributed by atoms with Crippen LogP contribution in [0.25, 0.3) is 0 Å². The van der Waals surface area contributed by atoms with Gasteiger partial charge in [-0.1, -0.05) is 17.7 Å². The summed E-state index contributed by atoms with van der Waals surface area (Å²) in [4.78, 5) is 63.6.